The molecule has 0 amide bonds. The zero-order valence-corrected chi connectivity index (χ0v) is 70.1. The third-order valence-electron chi connectivity index (χ3n) is 19.1. The number of fused-ring (bicyclic) bond motifs is 13. The van der Waals surface area contributed by atoms with Gasteiger partial charge in [0.25, 0.3) is 0 Å². The number of rotatable bonds is 2. The lowest BCUT2D eigenvalue weighted by Crippen LogP contribution is -2.12. The zero-order valence-electron chi connectivity index (χ0n) is 60.9. The quantitative estimate of drug-likeness (QED) is 0.173. The van der Waals surface area contributed by atoms with Crippen molar-refractivity contribution >= 4 is 151 Å². The zero-order chi connectivity index (χ0) is 73.4. The highest BCUT2D eigenvalue weighted by Crippen LogP contribution is 2.60. The lowest BCUT2D eigenvalue weighted by Gasteiger charge is -2.23. The molecule has 104 heavy (non-hydrogen) atoms. The van der Waals surface area contributed by atoms with Gasteiger partial charge >= 0.3 is 0 Å². The summed E-state index contributed by atoms with van der Waals surface area (Å²) in [6.45, 7) is 40.6. The van der Waals surface area contributed by atoms with Crippen molar-refractivity contribution in [2.45, 2.75) is 199 Å². The van der Waals surface area contributed by atoms with Crippen molar-refractivity contribution in [2.75, 3.05) is 0 Å². The van der Waals surface area contributed by atoms with Gasteiger partial charge in [0.15, 0.2) is 0 Å². The molecule has 3 unspecified atom stereocenters. The Labute approximate surface area is 643 Å². The van der Waals surface area contributed by atoms with Crippen LogP contribution < -0.4 is 9.47 Å². The number of benzene rings is 10. The van der Waals surface area contributed by atoms with E-state index in [2.05, 4.69) is 307 Å². The molecule has 3 atom stereocenters. The number of hydrogen-bond acceptors (Lipinski definition) is 6. The first-order chi connectivity index (χ1) is 46.9. The maximum atomic E-state index is 14.4. The predicted molar refractivity (Wildman–Crippen MR) is 465 cm³/mol. The molecular formula is C87H103Br2N3O6P4S2. The molecule has 0 spiro atoms. The monoisotopic (exact) mass is 1630 g/mol. The summed E-state index contributed by atoms with van der Waals surface area (Å²) in [4.78, 5) is 4.27. The van der Waals surface area contributed by atoms with Crippen LogP contribution in [0.1, 0.15) is 180 Å². The second-order valence-corrected chi connectivity index (χ2v) is 50.1. The van der Waals surface area contributed by atoms with E-state index in [1.807, 2.05) is 24.3 Å². The van der Waals surface area contributed by atoms with Crippen molar-refractivity contribution in [1.29, 1.82) is 0 Å². The first-order valence-electron chi connectivity index (χ1n) is 33.9. The molecule has 5 heterocycles. The Morgan fingerprint density at radius 1 is 0.317 bits per heavy atom. The molecule has 0 aliphatic carbocycles. The minimum Gasteiger partial charge on any atom is -0.455 e. The number of nitrogens with one attached hydrogen (secondary N) is 1. The minimum absolute atomic E-state index is 0. The van der Waals surface area contributed by atoms with Gasteiger partial charge in [0, 0.05) is 75.8 Å². The maximum Gasteiger partial charge on any atom is 0.213 e. The van der Waals surface area contributed by atoms with Crippen molar-refractivity contribution < 1.29 is 26.3 Å². The molecule has 0 radical (unpaired) electrons. The molecule has 548 valence electrons. The molecule has 17 heteroatoms. The van der Waals surface area contributed by atoms with Crippen molar-refractivity contribution in [3.8, 4) is 34.4 Å². The van der Waals surface area contributed by atoms with Crippen LogP contribution in [-0.2, 0) is 52.2 Å². The van der Waals surface area contributed by atoms with Crippen LogP contribution in [0.5, 0.6) is 23.0 Å². The molecule has 2 aliphatic rings. The Balaban J connectivity index is 0.000000221. The Kier molecular flexibility index (Phi) is 23.1. The molecule has 9 nitrogen and oxygen atoms in total. The van der Waals surface area contributed by atoms with Gasteiger partial charge in [-0.1, -0.05) is 215 Å². The largest absolute Gasteiger partial charge is 0.455 e. The summed E-state index contributed by atoms with van der Waals surface area (Å²) in [6, 6.07) is 61.3. The standard InChI is InChI=1S/C52H54N2O3S.C20H25N.C12H6Br2O3S.3CH4.H6P4/c1-49(2,3)31-13-19-41-37(25-31)38-26-32(50(4,5)6)14-20-42(38)53(41)35-17-23-47-45(29-35)57-46-30-36(18-24-48(46)58(47,55)56)54-43-21-15-33(51(7,8)9)27-39(43)40-28-34(52(10,11)12)16-22-44(40)54;1-19(2,3)13-7-9-17-15(11-13)16-12-14(20(4,5)6)8-10-18(16)21-17;13-7-1-3-11-9(5-7)17-10-6-8(14)2-4-12(10)18(11,15)16;;;;1-4(2)3/h13-30H,1-12H3;7-12,21H,1-6H3;1-6H;3*1H4;1-3H2. The highest BCUT2D eigenvalue weighted by molar-refractivity contribution is 9.10. The third kappa shape index (κ3) is 16.0. The van der Waals surface area contributed by atoms with Gasteiger partial charge in [0.2, 0.25) is 19.7 Å². The van der Waals surface area contributed by atoms with Gasteiger partial charge < -0.3 is 23.6 Å². The maximum absolute atomic E-state index is 14.4. The van der Waals surface area contributed by atoms with E-state index in [0.29, 0.717) is 23.0 Å². The number of halogens is 2. The third-order valence-corrected chi connectivity index (χ3v) is 23.8. The van der Waals surface area contributed by atoms with E-state index in [-0.39, 0.29) is 81.3 Å². The molecule has 13 aromatic rings. The Morgan fingerprint density at radius 2 is 0.538 bits per heavy atom. The van der Waals surface area contributed by atoms with Crippen molar-refractivity contribution in [3.05, 3.63) is 224 Å². The van der Waals surface area contributed by atoms with Gasteiger partial charge in [-0.3, -0.25) is 0 Å². The fraction of sp³-hybridized carbons (Fsp3) is 0.310. The van der Waals surface area contributed by atoms with E-state index in [4.69, 9.17) is 9.47 Å². The second-order valence-electron chi connectivity index (χ2n) is 32.8. The van der Waals surface area contributed by atoms with Gasteiger partial charge in [0.05, 0.1) is 22.1 Å². The van der Waals surface area contributed by atoms with E-state index in [1.165, 1.54) is 76.7 Å². The first kappa shape index (κ1) is 81.8. The fourth-order valence-corrected chi connectivity index (χ4v) is 16.8. The van der Waals surface area contributed by atoms with Crippen molar-refractivity contribution in [1.82, 2.24) is 14.1 Å². The molecule has 2 aliphatic heterocycles. The summed E-state index contributed by atoms with van der Waals surface area (Å²) in [5.74, 6) is 1.33. The van der Waals surface area contributed by atoms with Crippen LogP contribution in [0.4, 0.5) is 0 Å². The molecule has 0 saturated heterocycles. The minimum atomic E-state index is -3.87. The van der Waals surface area contributed by atoms with E-state index in [1.54, 1.807) is 48.5 Å². The predicted octanol–water partition coefficient (Wildman–Crippen LogP) is 27.8. The SMILES string of the molecule is C.C.C.CC(C)(C)c1ccc2[nH]c3ccc(C(C)(C)C)cc3c2c1.CC(C)(C)c1ccc2c(c1)c1cc(C(C)(C)C)ccc1n2-c1ccc2c(c1)Oc1cc(-n3c4ccc(C(C)(C)C)cc4c4cc(C(C)(C)C)ccc43)ccc1S2(=O)=O.O=S1(=O)c2ccc(Br)cc2Oc2cc(Br)ccc21.PP(P)P. The Morgan fingerprint density at radius 3 is 0.788 bits per heavy atom. The fourth-order valence-electron chi connectivity index (χ4n) is 13.2. The molecular weight excluding hydrogens is 1530 g/mol. The first-order valence-corrected chi connectivity index (χ1v) is 44.7. The van der Waals surface area contributed by atoms with E-state index in [0.717, 1.165) is 42.4 Å². The average molecular weight is 1630 g/mol. The van der Waals surface area contributed by atoms with Crippen molar-refractivity contribution in [3.63, 3.8) is 0 Å². The van der Waals surface area contributed by atoms with Crippen LogP contribution in [0.2, 0.25) is 0 Å². The van der Waals surface area contributed by atoms with Gasteiger partial charge in [-0.05, 0) is 206 Å². The number of aromatic nitrogens is 3. The lowest BCUT2D eigenvalue weighted by molar-refractivity contribution is 0.441. The van der Waals surface area contributed by atoms with Crippen LogP contribution in [0.25, 0.3) is 76.8 Å². The number of hydrogen-bond donors (Lipinski definition) is 1. The van der Waals surface area contributed by atoms with E-state index >= 15 is 0 Å². The summed E-state index contributed by atoms with van der Waals surface area (Å²) in [6.07, 6.45) is 0. The highest BCUT2D eigenvalue weighted by atomic mass is 79.9. The van der Waals surface area contributed by atoms with Crippen molar-refractivity contribution in [2.24, 2.45) is 0 Å². The van der Waals surface area contributed by atoms with Crippen LogP contribution in [0.3, 0.4) is 0 Å². The number of ether oxygens (including phenoxy) is 2. The van der Waals surface area contributed by atoms with Crippen LogP contribution in [0, 0.1) is 0 Å². The molecule has 0 saturated carbocycles. The molecule has 0 bridgehead atoms. The van der Waals surface area contributed by atoms with E-state index in [9.17, 15) is 16.8 Å². The highest BCUT2D eigenvalue weighted by Gasteiger charge is 2.35. The Hall–Kier alpha value is -6.22. The van der Waals surface area contributed by atoms with Gasteiger partial charge in [-0.25, -0.2) is 16.8 Å². The summed E-state index contributed by atoms with van der Waals surface area (Å²) in [5.41, 5.74) is 16.5. The number of sulfone groups is 2. The number of nitrogens with zero attached hydrogens (tertiary/aromatic N) is 2. The summed E-state index contributed by atoms with van der Waals surface area (Å²) >= 11 is 6.60. The lowest BCUT2D eigenvalue weighted by atomic mass is 9.85. The topological polar surface area (TPSA) is 112 Å². The molecule has 1 N–H and O–H groups in total. The molecule has 10 aromatic carbocycles. The van der Waals surface area contributed by atoms with Gasteiger partial charge in [-0.2, -0.15) is 0 Å². The summed E-state index contributed by atoms with van der Waals surface area (Å²) < 4.78 is 71.9. The molecule has 3 aromatic heterocycles. The number of H-pyrrole nitrogens is 1. The van der Waals surface area contributed by atoms with E-state index < -0.39 is 19.7 Å². The van der Waals surface area contributed by atoms with Crippen LogP contribution in [0.15, 0.2) is 211 Å². The van der Waals surface area contributed by atoms with Gasteiger partial charge in [-0.15, -0.1) is 26.8 Å². The summed E-state index contributed by atoms with van der Waals surface area (Å²) in [5, 5.41) is 7.36. The average Bonchev–Trinajstić information content (AvgIpc) is 1.44. The molecule has 15 rings (SSSR count). The van der Waals surface area contributed by atoms with Crippen LogP contribution >= 0.6 is 65.6 Å². The second kappa shape index (κ2) is 29.4. The number of aromatic amines is 1. The smallest absolute Gasteiger partial charge is 0.213 e. The normalized spacial score (nSPS) is 13.8. The molecule has 0 fully saturated rings. The van der Waals surface area contributed by atoms with Gasteiger partial charge in [0.1, 0.15) is 42.6 Å². The summed E-state index contributed by atoms with van der Waals surface area (Å²) in [7, 11) is 0.569. The Bertz CT molecular complexity index is 5260. The van der Waals surface area contributed by atoms with Crippen LogP contribution in [-0.4, -0.2) is 31.0 Å².